The lowest BCUT2D eigenvalue weighted by atomic mass is 10.0. The van der Waals surface area contributed by atoms with Gasteiger partial charge in [0.05, 0.1) is 24.9 Å². The third-order valence-corrected chi connectivity index (χ3v) is 4.45. The van der Waals surface area contributed by atoms with Crippen molar-refractivity contribution in [2.24, 2.45) is 0 Å². The first-order valence-corrected chi connectivity index (χ1v) is 8.80. The number of urea groups is 1. The van der Waals surface area contributed by atoms with E-state index in [4.69, 9.17) is 4.74 Å². The molecule has 138 valence electrons. The monoisotopic (exact) mass is 357 g/mol. The van der Waals surface area contributed by atoms with Crippen LogP contribution in [0.15, 0.2) is 48.5 Å². The van der Waals surface area contributed by atoms with Crippen molar-refractivity contribution >= 4 is 11.7 Å². The zero-order valence-corrected chi connectivity index (χ0v) is 14.9. The van der Waals surface area contributed by atoms with Crippen molar-refractivity contribution in [3.8, 4) is 0 Å². The van der Waals surface area contributed by atoms with Gasteiger partial charge in [-0.3, -0.25) is 4.90 Å². The zero-order valence-electron chi connectivity index (χ0n) is 14.9. The SMILES string of the molecule is Cc1ccc(C(CN2CCOCC2)NC(=O)Nc2ccccc2F)cc1. The van der Waals surface area contributed by atoms with Crippen molar-refractivity contribution < 1.29 is 13.9 Å². The molecule has 0 spiro atoms. The lowest BCUT2D eigenvalue weighted by Crippen LogP contribution is -2.44. The minimum Gasteiger partial charge on any atom is -0.379 e. The normalized spacial score (nSPS) is 16.1. The molecule has 1 saturated heterocycles. The number of nitrogens with zero attached hydrogens (tertiary/aromatic N) is 1. The number of benzene rings is 2. The van der Waals surface area contributed by atoms with Crippen LogP contribution in [-0.2, 0) is 4.74 Å². The van der Waals surface area contributed by atoms with E-state index in [2.05, 4.69) is 15.5 Å². The zero-order chi connectivity index (χ0) is 18.4. The molecule has 26 heavy (non-hydrogen) atoms. The average Bonchev–Trinajstić information content (AvgIpc) is 2.65. The molecule has 1 fully saturated rings. The molecule has 0 radical (unpaired) electrons. The molecule has 2 aromatic rings. The van der Waals surface area contributed by atoms with Gasteiger partial charge in [0.15, 0.2) is 0 Å². The Kier molecular flexibility index (Phi) is 6.20. The standard InChI is InChI=1S/C20H24FN3O2/c1-15-6-8-16(9-7-15)19(14-24-10-12-26-13-11-24)23-20(25)22-18-5-3-2-4-17(18)21/h2-9,19H,10-14H2,1H3,(H2,22,23,25). The first kappa shape index (κ1) is 18.4. The Bertz CT molecular complexity index is 730. The van der Waals surface area contributed by atoms with Gasteiger partial charge in [0.1, 0.15) is 5.82 Å². The number of para-hydroxylation sites is 1. The van der Waals surface area contributed by atoms with Crippen LogP contribution in [0.1, 0.15) is 17.2 Å². The van der Waals surface area contributed by atoms with E-state index in [0.29, 0.717) is 19.8 Å². The number of rotatable bonds is 5. The number of hydrogen-bond acceptors (Lipinski definition) is 3. The van der Waals surface area contributed by atoms with E-state index in [1.807, 2.05) is 31.2 Å². The van der Waals surface area contributed by atoms with Crippen molar-refractivity contribution in [3.05, 3.63) is 65.5 Å². The Morgan fingerprint density at radius 3 is 2.54 bits per heavy atom. The van der Waals surface area contributed by atoms with Gasteiger partial charge in [0, 0.05) is 19.6 Å². The Balaban J connectivity index is 1.70. The Morgan fingerprint density at radius 1 is 1.15 bits per heavy atom. The lowest BCUT2D eigenvalue weighted by molar-refractivity contribution is 0.0340. The van der Waals surface area contributed by atoms with Gasteiger partial charge in [-0.15, -0.1) is 0 Å². The molecule has 0 aromatic heterocycles. The van der Waals surface area contributed by atoms with Gasteiger partial charge >= 0.3 is 6.03 Å². The van der Waals surface area contributed by atoms with E-state index in [9.17, 15) is 9.18 Å². The van der Waals surface area contributed by atoms with Crippen LogP contribution in [-0.4, -0.2) is 43.8 Å². The van der Waals surface area contributed by atoms with E-state index < -0.39 is 11.8 Å². The first-order chi connectivity index (χ1) is 12.6. The number of carbonyl (C=O) groups excluding carboxylic acids is 1. The van der Waals surface area contributed by atoms with Crippen LogP contribution in [0.5, 0.6) is 0 Å². The minimum absolute atomic E-state index is 0.166. The summed E-state index contributed by atoms with van der Waals surface area (Å²) >= 11 is 0. The molecule has 2 amide bonds. The molecule has 3 rings (SSSR count). The second-order valence-corrected chi connectivity index (χ2v) is 6.45. The number of anilines is 1. The summed E-state index contributed by atoms with van der Waals surface area (Å²) < 4.78 is 19.2. The molecule has 6 heteroatoms. The molecule has 0 bridgehead atoms. The smallest absolute Gasteiger partial charge is 0.319 e. The summed E-state index contributed by atoms with van der Waals surface area (Å²) in [5.41, 5.74) is 2.35. The predicted molar refractivity (Wildman–Crippen MR) is 99.7 cm³/mol. The number of carbonyl (C=O) groups is 1. The third-order valence-electron chi connectivity index (χ3n) is 4.45. The predicted octanol–water partition coefficient (Wildman–Crippen LogP) is 3.33. The minimum atomic E-state index is -0.456. The molecule has 2 aromatic carbocycles. The van der Waals surface area contributed by atoms with Gasteiger partial charge in [-0.2, -0.15) is 0 Å². The van der Waals surface area contributed by atoms with Crippen LogP contribution >= 0.6 is 0 Å². The topological polar surface area (TPSA) is 53.6 Å². The highest BCUT2D eigenvalue weighted by atomic mass is 19.1. The number of morpholine rings is 1. The summed E-state index contributed by atoms with van der Waals surface area (Å²) in [4.78, 5) is 14.7. The first-order valence-electron chi connectivity index (χ1n) is 8.80. The Hall–Kier alpha value is -2.44. The summed E-state index contributed by atoms with van der Waals surface area (Å²) in [6.07, 6.45) is 0. The highest BCUT2D eigenvalue weighted by Crippen LogP contribution is 2.18. The van der Waals surface area contributed by atoms with E-state index in [-0.39, 0.29) is 11.7 Å². The second kappa shape index (κ2) is 8.78. The molecule has 1 aliphatic rings. The van der Waals surface area contributed by atoms with Crippen LogP contribution in [0.25, 0.3) is 0 Å². The summed E-state index contributed by atoms with van der Waals surface area (Å²) in [5, 5.41) is 5.57. The van der Waals surface area contributed by atoms with Gasteiger partial charge in [-0.25, -0.2) is 9.18 Å². The highest BCUT2D eigenvalue weighted by Gasteiger charge is 2.20. The van der Waals surface area contributed by atoms with Crippen LogP contribution in [0.4, 0.5) is 14.9 Å². The number of nitrogens with one attached hydrogen (secondary N) is 2. The summed E-state index contributed by atoms with van der Waals surface area (Å²) in [5.74, 6) is -0.456. The van der Waals surface area contributed by atoms with Gasteiger partial charge in [-0.1, -0.05) is 42.0 Å². The molecule has 1 heterocycles. The van der Waals surface area contributed by atoms with Crippen molar-refractivity contribution in [2.75, 3.05) is 38.2 Å². The summed E-state index contributed by atoms with van der Waals surface area (Å²) in [7, 11) is 0. The van der Waals surface area contributed by atoms with E-state index in [0.717, 1.165) is 24.2 Å². The molecule has 1 atom stereocenters. The van der Waals surface area contributed by atoms with E-state index in [1.165, 1.54) is 12.1 Å². The molecule has 0 aliphatic carbocycles. The van der Waals surface area contributed by atoms with Crippen molar-refractivity contribution in [1.82, 2.24) is 10.2 Å². The van der Waals surface area contributed by atoms with Gasteiger partial charge in [0.25, 0.3) is 0 Å². The third kappa shape index (κ3) is 5.03. The number of hydrogen-bond donors (Lipinski definition) is 2. The van der Waals surface area contributed by atoms with Crippen LogP contribution in [0.2, 0.25) is 0 Å². The summed E-state index contributed by atoms with van der Waals surface area (Å²) in [6.45, 7) is 5.76. The highest BCUT2D eigenvalue weighted by molar-refractivity contribution is 5.89. The maximum atomic E-state index is 13.8. The Morgan fingerprint density at radius 2 is 1.85 bits per heavy atom. The van der Waals surface area contributed by atoms with Crippen LogP contribution in [0.3, 0.4) is 0 Å². The fourth-order valence-electron chi connectivity index (χ4n) is 2.95. The van der Waals surface area contributed by atoms with Crippen LogP contribution < -0.4 is 10.6 Å². The van der Waals surface area contributed by atoms with Crippen LogP contribution in [0, 0.1) is 12.7 Å². The molecule has 1 unspecified atom stereocenters. The fraction of sp³-hybridized carbons (Fsp3) is 0.350. The average molecular weight is 357 g/mol. The number of ether oxygens (including phenoxy) is 1. The Labute approximate surface area is 153 Å². The molecule has 1 aliphatic heterocycles. The quantitative estimate of drug-likeness (QED) is 0.863. The maximum absolute atomic E-state index is 13.8. The fourth-order valence-corrected chi connectivity index (χ4v) is 2.95. The molecular weight excluding hydrogens is 333 g/mol. The maximum Gasteiger partial charge on any atom is 0.319 e. The number of halogens is 1. The number of aryl methyl sites for hydroxylation is 1. The molecule has 0 saturated carbocycles. The van der Waals surface area contributed by atoms with E-state index >= 15 is 0 Å². The molecule has 5 nitrogen and oxygen atoms in total. The second-order valence-electron chi connectivity index (χ2n) is 6.45. The van der Waals surface area contributed by atoms with E-state index in [1.54, 1.807) is 12.1 Å². The van der Waals surface area contributed by atoms with Gasteiger partial charge < -0.3 is 15.4 Å². The van der Waals surface area contributed by atoms with Crippen molar-refractivity contribution in [2.45, 2.75) is 13.0 Å². The largest absolute Gasteiger partial charge is 0.379 e. The number of amides is 2. The van der Waals surface area contributed by atoms with Gasteiger partial charge in [-0.05, 0) is 24.6 Å². The molecular formula is C20H24FN3O2. The molecule has 2 N–H and O–H groups in total. The van der Waals surface area contributed by atoms with Crippen molar-refractivity contribution in [3.63, 3.8) is 0 Å². The lowest BCUT2D eigenvalue weighted by Gasteiger charge is -2.31. The summed E-state index contributed by atoms with van der Waals surface area (Å²) in [6, 6.07) is 13.6. The van der Waals surface area contributed by atoms with Gasteiger partial charge in [0.2, 0.25) is 0 Å². The van der Waals surface area contributed by atoms with Crippen molar-refractivity contribution in [1.29, 1.82) is 0 Å².